The minimum atomic E-state index is -0.373. The van der Waals surface area contributed by atoms with E-state index in [0.29, 0.717) is 22.6 Å². The Morgan fingerprint density at radius 3 is 2.44 bits per heavy atom. The second-order valence-corrected chi connectivity index (χ2v) is 7.47. The third-order valence-corrected chi connectivity index (χ3v) is 4.44. The van der Waals surface area contributed by atoms with Gasteiger partial charge in [-0.15, -0.1) is 0 Å². The van der Waals surface area contributed by atoms with E-state index in [9.17, 15) is 14.3 Å². The molecule has 0 fully saturated rings. The van der Waals surface area contributed by atoms with Crippen LogP contribution in [-0.2, 0) is 5.41 Å². The lowest BCUT2D eigenvalue weighted by Crippen LogP contribution is -2.15. The molecule has 0 unspecified atom stereocenters. The van der Waals surface area contributed by atoms with Crippen LogP contribution in [0.5, 0.6) is 5.75 Å². The topological polar surface area (TPSA) is 67.2 Å². The number of carbonyl (C=O) groups excluding carboxylic acids is 1. The quantitative estimate of drug-likeness (QED) is 0.666. The molecule has 27 heavy (non-hydrogen) atoms. The number of aromatic hydroxyl groups is 1. The molecule has 1 amide bonds. The van der Waals surface area contributed by atoms with E-state index in [2.05, 4.69) is 31.2 Å². The van der Waals surface area contributed by atoms with Gasteiger partial charge in [0.15, 0.2) is 0 Å². The van der Waals surface area contributed by atoms with Crippen molar-refractivity contribution in [3.05, 3.63) is 71.3 Å². The lowest BCUT2D eigenvalue weighted by atomic mass is 9.87. The van der Waals surface area contributed by atoms with Crippen molar-refractivity contribution in [2.75, 3.05) is 5.32 Å². The molecule has 1 heterocycles. The summed E-state index contributed by atoms with van der Waals surface area (Å²) in [5.41, 5.74) is 2.88. The maximum Gasteiger partial charge on any atom is 0.259 e. The van der Waals surface area contributed by atoms with E-state index in [1.807, 2.05) is 6.07 Å². The molecule has 3 rings (SSSR count). The predicted molar refractivity (Wildman–Crippen MR) is 103 cm³/mol. The maximum atomic E-state index is 13.1. The van der Waals surface area contributed by atoms with E-state index < -0.39 is 0 Å². The van der Waals surface area contributed by atoms with Gasteiger partial charge in [-0.2, -0.15) is 5.10 Å². The van der Waals surface area contributed by atoms with Gasteiger partial charge >= 0.3 is 0 Å². The fourth-order valence-corrected chi connectivity index (χ4v) is 2.77. The van der Waals surface area contributed by atoms with Gasteiger partial charge < -0.3 is 10.4 Å². The number of phenolic OH excluding ortho intramolecular Hbond substituents is 1. The van der Waals surface area contributed by atoms with Crippen LogP contribution in [0.15, 0.2) is 48.7 Å². The van der Waals surface area contributed by atoms with Crippen molar-refractivity contribution in [2.45, 2.75) is 33.1 Å². The molecule has 5 nitrogen and oxygen atoms in total. The Hall–Kier alpha value is -3.15. The van der Waals surface area contributed by atoms with Crippen molar-refractivity contribution < 1.29 is 14.3 Å². The molecular formula is C21H22FN3O2. The zero-order chi connectivity index (χ0) is 19.8. The summed E-state index contributed by atoms with van der Waals surface area (Å²) in [6.45, 7) is 7.93. The van der Waals surface area contributed by atoms with E-state index in [1.54, 1.807) is 35.9 Å². The normalized spacial score (nSPS) is 11.4. The van der Waals surface area contributed by atoms with Gasteiger partial charge in [0.2, 0.25) is 0 Å². The summed E-state index contributed by atoms with van der Waals surface area (Å²) < 4.78 is 14.7. The molecule has 6 heteroatoms. The number of carbonyl (C=O) groups is 1. The summed E-state index contributed by atoms with van der Waals surface area (Å²) >= 11 is 0. The number of hydrogen-bond donors (Lipinski definition) is 2. The second kappa shape index (κ2) is 6.87. The van der Waals surface area contributed by atoms with Crippen molar-refractivity contribution in [3.63, 3.8) is 0 Å². The van der Waals surface area contributed by atoms with Crippen LogP contribution in [0.4, 0.5) is 10.1 Å². The monoisotopic (exact) mass is 367 g/mol. The summed E-state index contributed by atoms with van der Waals surface area (Å²) in [5, 5.41) is 17.1. The van der Waals surface area contributed by atoms with Crippen molar-refractivity contribution in [2.24, 2.45) is 0 Å². The van der Waals surface area contributed by atoms with Gasteiger partial charge in [-0.1, -0.05) is 26.8 Å². The maximum absolute atomic E-state index is 13.1. The number of nitrogens with zero attached hydrogens (tertiary/aromatic N) is 2. The highest BCUT2D eigenvalue weighted by atomic mass is 19.1. The predicted octanol–water partition coefficient (Wildman–Crippen LogP) is 4.58. The minimum Gasteiger partial charge on any atom is -0.506 e. The summed E-state index contributed by atoms with van der Waals surface area (Å²) in [5.74, 6) is -0.710. The molecule has 2 N–H and O–H groups in total. The number of phenols is 1. The molecule has 0 aliphatic rings. The third-order valence-electron chi connectivity index (χ3n) is 4.44. The molecule has 0 aliphatic heterocycles. The number of benzene rings is 2. The first kappa shape index (κ1) is 18.6. The van der Waals surface area contributed by atoms with E-state index in [-0.39, 0.29) is 22.9 Å². The first-order valence-corrected chi connectivity index (χ1v) is 8.62. The Morgan fingerprint density at radius 1 is 1.15 bits per heavy atom. The Kier molecular flexibility index (Phi) is 4.74. The third kappa shape index (κ3) is 3.84. The van der Waals surface area contributed by atoms with Crippen LogP contribution >= 0.6 is 0 Å². The van der Waals surface area contributed by atoms with Crippen LogP contribution in [-0.4, -0.2) is 20.8 Å². The highest BCUT2D eigenvalue weighted by Gasteiger charge is 2.19. The molecule has 0 aliphatic carbocycles. The van der Waals surface area contributed by atoms with E-state index in [4.69, 9.17) is 0 Å². The average Bonchev–Trinajstić information content (AvgIpc) is 2.98. The fraction of sp³-hybridized carbons (Fsp3) is 0.238. The number of nitrogens with one attached hydrogen (secondary N) is 1. The van der Waals surface area contributed by atoms with Crippen LogP contribution in [0.1, 0.15) is 42.4 Å². The van der Waals surface area contributed by atoms with Crippen molar-refractivity contribution in [1.29, 1.82) is 0 Å². The Bertz CT molecular complexity index is 986. The van der Waals surface area contributed by atoms with Gasteiger partial charge in [0.25, 0.3) is 5.91 Å². The molecule has 3 aromatic rings. The zero-order valence-corrected chi connectivity index (χ0v) is 15.7. The number of anilines is 1. The van der Waals surface area contributed by atoms with Gasteiger partial charge in [-0.25, -0.2) is 9.07 Å². The Labute approximate surface area is 157 Å². The highest BCUT2D eigenvalue weighted by molar-refractivity contribution is 6.05. The Morgan fingerprint density at radius 2 is 1.81 bits per heavy atom. The van der Waals surface area contributed by atoms with Crippen molar-refractivity contribution in [1.82, 2.24) is 9.78 Å². The molecule has 0 saturated heterocycles. The first-order chi connectivity index (χ1) is 12.7. The molecular weight excluding hydrogens is 345 g/mol. The summed E-state index contributed by atoms with van der Waals surface area (Å²) in [4.78, 5) is 12.7. The Balaban J connectivity index is 1.89. The molecule has 0 atom stereocenters. The first-order valence-electron chi connectivity index (χ1n) is 8.62. The van der Waals surface area contributed by atoms with E-state index >= 15 is 0 Å². The average molecular weight is 367 g/mol. The van der Waals surface area contributed by atoms with E-state index in [0.717, 1.165) is 5.56 Å². The van der Waals surface area contributed by atoms with Gasteiger partial charge in [0.1, 0.15) is 11.6 Å². The molecule has 0 saturated carbocycles. The summed E-state index contributed by atoms with van der Waals surface area (Å²) in [6, 6.07) is 11.0. The second-order valence-electron chi connectivity index (χ2n) is 7.47. The van der Waals surface area contributed by atoms with Gasteiger partial charge in [0.05, 0.1) is 28.8 Å². The van der Waals surface area contributed by atoms with Gasteiger partial charge in [0, 0.05) is 0 Å². The zero-order valence-electron chi connectivity index (χ0n) is 15.7. The molecule has 140 valence electrons. The molecule has 0 radical (unpaired) electrons. The van der Waals surface area contributed by atoms with Gasteiger partial charge in [-0.05, 0) is 54.3 Å². The van der Waals surface area contributed by atoms with Gasteiger partial charge in [-0.3, -0.25) is 4.79 Å². The molecule has 1 aromatic heterocycles. The van der Waals surface area contributed by atoms with Crippen LogP contribution < -0.4 is 5.32 Å². The largest absolute Gasteiger partial charge is 0.506 e. The van der Waals surface area contributed by atoms with Crippen molar-refractivity contribution in [3.8, 4) is 11.4 Å². The smallest absolute Gasteiger partial charge is 0.259 e. The lowest BCUT2D eigenvalue weighted by Gasteiger charge is -2.20. The van der Waals surface area contributed by atoms with E-state index in [1.165, 1.54) is 18.3 Å². The number of hydrogen-bond acceptors (Lipinski definition) is 3. The summed E-state index contributed by atoms with van der Waals surface area (Å²) in [7, 11) is 0. The van der Waals surface area contributed by atoms with Crippen LogP contribution in [0.25, 0.3) is 5.69 Å². The molecule has 0 spiro atoms. The number of halogens is 1. The molecule has 2 aromatic carbocycles. The standard InChI is InChI=1S/C21H22FN3O2/c1-13-17(12-23-25(13)16-8-6-15(22)7-9-16)20(27)24-18-11-14(21(2,3)4)5-10-19(18)26/h5-12,26H,1-4H3,(H,24,27). The van der Waals surface area contributed by atoms with Crippen LogP contribution in [0, 0.1) is 12.7 Å². The lowest BCUT2D eigenvalue weighted by molar-refractivity contribution is 0.102. The number of aromatic nitrogens is 2. The summed E-state index contributed by atoms with van der Waals surface area (Å²) in [6.07, 6.45) is 1.46. The van der Waals surface area contributed by atoms with Crippen LogP contribution in [0.2, 0.25) is 0 Å². The van der Waals surface area contributed by atoms with Crippen LogP contribution in [0.3, 0.4) is 0 Å². The highest BCUT2D eigenvalue weighted by Crippen LogP contribution is 2.31. The fourth-order valence-electron chi connectivity index (χ4n) is 2.77. The SMILES string of the molecule is Cc1c(C(=O)Nc2cc(C(C)(C)C)ccc2O)cnn1-c1ccc(F)cc1. The van der Waals surface area contributed by atoms with Crippen molar-refractivity contribution >= 4 is 11.6 Å². The number of amides is 1. The molecule has 0 bridgehead atoms. The number of rotatable bonds is 3. The minimum absolute atomic E-state index is 0.0000653.